The molecule has 0 radical (unpaired) electrons. The number of amides is 12. The third kappa shape index (κ3) is 20.7. The number of piperidine rings is 1. The molecular formula is C73H112ClF9N12O12. The summed E-state index contributed by atoms with van der Waals surface area (Å²) in [5.74, 6) is -32.4. The van der Waals surface area contributed by atoms with Crippen LogP contribution in [0.3, 0.4) is 0 Å². The topological polar surface area (TPSA) is 270 Å². The van der Waals surface area contributed by atoms with Gasteiger partial charge in [-0.05, 0) is 113 Å². The molecule has 3 unspecified atom stereocenters. The Labute approximate surface area is 626 Å². The number of hydrogen-bond acceptors (Lipinski definition) is 12. The lowest BCUT2D eigenvalue weighted by molar-refractivity contribution is -0.335. The largest absolute Gasteiger partial charge is 0.393 e. The number of nitrogens with zero attached hydrogens (tertiary/aromatic N) is 9. The zero-order chi connectivity index (χ0) is 79.7. The molecule has 4 aliphatic carbocycles. The number of carbonyl (C=O) groups excluding carboxylic acids is 12. The van der Waals surface area contributed by atoms with Crippen molar-refractivity contribution in [3.05, 3.63) is 0 Å². The standard InChI is InChI=1S/C73H112ClF9N12O12/c1-12-44(4)59-66(105)89(7)39-57(98)87(5)40-58(99)91(9)53(36-45-22-15-13-16-23-45)64(103)88(6)38-55(96)84-50(30-28-46-27-29-48(49(74)35-46)72(79,80)81)63(102)95-33-21-26-51(95)62(101)86-69(31-19-20-32-69)68(107)93(11)60(47-24-17-14-18-25-47)67(106)92(10)54(37-56(97)90(8)52(34-43(2)3)61(100)85-59)65(104)94-41-70(75,76)73(82,83)71(77,78)42-94/h43-54,59-60H,12-42H2,1-11H3,(H,84,96)(H,85,100)(H,86,101)/t44-,46?,48?,49?,50-,51-,52-,53-,54-,59-,60-/m0/s1. The fourth-order valence-electron chi connectivity index (χ4n) is 16.9. The molecule has 3 heterocycles. The van der Waals surface area contributed by atoms with Crippen LogP contribution in [-0.4, -0.2) is 281 Å². The van der Waals surface area contributed by atoms with Crippen molar-refractivity contribution in [3.8, 4) is 0 Å². The van der Waals surface area contributed by atoms with E-state index in [1.54, 1.807) is 27.7 Å². The number of halogens is 10. The quantitative estimate of drug-likeness (QED) is 0.137. The minimum atomic E-state index is -5.97. The molecule has 7 rings (SSSR count). The van der Waals surface area contributed by atoms with Crippen LogP contribution in [0.4, 0.5) is 39.5 Å². The van der Waals surface area contributed by atoms with Crippen LogP contribution in [0.25, 0.3) is 0 Å². The Morgan fingerprint density at radius 3 is 1.72 bits per heavy atom. The lowest BCUT2D eigenvalue weighted by Gasteiger charge is -2.45. The maximum atomic E-state index is 15.8. The molecule has 0 bridgehead atoms. The molecule has 3 aliphatic heterocycles. The van der Waals surface area contributed by atoms with Crippen molar-refractivity contribution in [2.75, 3.05) is 88.6 Å². The van der Waals surface area contributed by atoms with Gasteiger partial charge in [0.2, 0.25) is 70.9 Å². The molecule has 7 aliphatic rings. The monoisotopic (exact) mass is 1550 g/mol. The van der Waals surface area contributed by atoms with Crippen LogP contribution >= 0.6 is 11.6 Å². The van der Waals surface area contributed by atoms with E-state index < -0.39 is 217 Å². The first-order chi connectivity index (χ1) is 49.9. The predicted octanol–water partition coefficient (Wildman–Crippen LogP) is 7.22. The lowest BCUT2D eigenvalue weighted by atomic mass is 9.78. The van der Waals surface area contributed by atoms with Gasteiger partial charge in [-0.2, -0.15) is 39.5 Å². The summed E-state index contributed by atoms with van der Waals surface area (Å²) >= 11 is 6.37. The SMILES string of the molecule is CC[C@H](C)[C@@H]1NC(=O)[C@H](CC(C)C)N(C)C(=O)C[C@@H](C(=O)N2CC(F)(F)C(F)(F)C(F)(F)C2)N(C)C(=O)[C@H](C2CCCCC2)N(C)C(=O)C2(CCCC2)NC(=O)[C@@H]2CCCN2C(=O)[C@H](CCC2CCC(C(F)(F)F)C(Cl)C2)NC(=O)CN(C)C(=O)[C@H](CC2CCCCC2)N(C)C(=O)CN(C)C(=O)CN(C)C1=O. The van der Waals surface area contributed by atoms with Crippen molar-refractivity contribution in [1.29, 1.82) is 0 Å². The van der Waals surface area contributed by atoms with Crippen LogP contribution in [0, 0.1) is 35.5 Å². The lowest BCUT2D eigenvalue weighted by Crippen LogP contribution is -2.70. The number of hydrogen-bond donors (Lipinski definition) is 3. The molecule has 4 saturated carbocycles. The van der Waals surface area contributed by atoms with E-state index >= 15 is 41.5 Å². The number of likely N-dealkylation sites (N-methyl/N-ethyl adjacent to an activating group) is 7. The van der Waals surface area contributed by atoms with Gasteiger partial charge >= 0.3 is 23.9 Å². The van der Waals surface area contributed by atoms with Gasteiger partial charge in [-0.25, -0.2) is 0 Å². The van der Waals surface area contributed by atoms with Crippen molar-refractivity contribution >= 4 is 82.5 Å². The first-order valence-electron chi connectivity index (χ1n) is 38.0. The second-order valence-electron chi connectivity index (χ2n) is 32.0. The zero-order valence-corrected chi connectivity index (χ0v) is 64.5. The van der Waals surface area contributed by atoms with Crippen LogP contribution in [0.15, 0.2) is 0 Å². The molecular weight excluding hydrogens is 1440 g/mol. The van der Waals surface area contributed by atoms with Crippen LogP contribution in [-0.2, 0) is 57.5 Å². The maximum absolute atomic E-state index is 15.8. The number of fused-ring (bicyclic) bond motifs is 1. The smallest absolute Gasteiger partial charge is 0.343 e. The van der Waals surface area contributed by atoms with E-state index in [0.29, 0.717) is 37.0 Å². The Morgan fingerprint density at radius 2 is 1.15 bits per heavy atom. The number of nitrogens with one attached hydrogen (secondary N) is 3. The van der Waals surface area contributed by atoms with Crippen LogP contribution in [0.5, 0.6) is 0 Å². The van der Waals surface area contributed by atoms with E-state index in [0.717, 1.165) is 70.7 Å². The summed E-state index contributed by atoms with van der Waals surface area (Å²) in [5, 5.41) is 7.10. The molecule has 1 spiro atoms. The molecule has 12 amide bonds. The predicted molar refractivity (Wildman–Crippen MR) is 376 cm³/mol. The van der Waals surface area contributed by atoms with Crippen LogP contribution < -0.4 is 16.0 Å². The number of alkyl halides is 10. The van der Waals surface area contributed by atoms with Crippen molar-refractivity contribution in [1.82, 2.24) is 60.0 Å². The van der Waals surface area contributed by atoms with Crippen molar-refractivity contribution in [3.63, 3.8) is 0 Å². The Balaban J connectivity index is 1.31. The fraction of sp³-hybridized carbons (Fsp3) is 0.836. The first-order valence-corrected chi connectivity index (χ1v) is 38.5. The fourth-order valence-corrected chi connectivity index (χ4v) is 17.4. The summed E-state index contributed by atoms with van der Waals surface area (Å²) in [6.07, 6.45) is 1.32. The van der Waals surface area contributed by atoms with E-state index in [9.17, 15) is 55.5 Å². The first kappa shape index (κ1) is 87.5. The maximum Gasteiger partial charge on any atom is 0.393 e. The molecule has 34 heteroatoms. The second-order valence-corrected chi connectivity index (χ2v) is 32.6. The van der Waals surface area contributed by atoms with E-state index in [4.69, 9.17) is 11.6 Å². The van der Waals surface area contributed by atoms with E-state index in [2.05, 4.69) is 16.0 Å². The summed E-state index contributed by atoms with van der Waals surface area (Å²) < 4.78 is 133. The Hall–Kier alpha value is -6.70. The van der Waals surface area contributed by atoms with E-state index in [-0.39, 0.29) is 107 Å². The number of carbonyl (C=O) groups is 12. The van der Waals surface area contributed by atoms with Gasteiger partial charge in [0.25, 0.3) is 0 Å². The summed E-state index contributed by atoms with van der Waals surface area (Å²) in [6.45, 7) is 0.116. The summed E-state index contributed by atoms with van der Waals surface area (Å²) in [5.41, 5.74) is -1.81. The normalized spacial score (nSPS) is 30.4. The van der Waals surface area contributed by atoms with Gasteiger partial charge in [-0.1, -0.05) is 98.3 Å². The highest BCUT2D eigenvalue weighted by atomic mass is 35.5. The minimum Gasteiger partial charge on any atom is -0.343 e. The molecule has 24 nitrogen and oxygen atoms in total. The van der Waals surface area contributed by atoms with Crippen LogP contribution in [0.1, 0.15) is 188 Å². The van der Waals surface area contributed by atoms with E-state index in [1.165, 1.54) is 45.0 Å². The Kier molecular flexibility index (Phi) is 29.8. The Morgan fingerprint density at radius 1 is 0.579 bits per heavy atom. The molecule has 7 fully saturated rings. The molecule has 3 N–H and O–H groups in total. The number of likely N-dealkylation sites (tertiary alicyclic amines) is 1. The third-order valence-corrected chi connectivity index (χ3v) is 24.3. The summed E-state index contributed by atoms with van der Waals surface area (Å²) in [4.78, 5) is 187. The van der Waals surface area contributed by atoms with Gasteiger partial charge in [0.1, 0.15) is 47.8 Å². The zero-order valence-electron chi connectivity index (χ0n) is 63.7. The van der Waals surface area contributed by atoms with Crippen molar-refractivity contribution < 1.29 is 97.0 Å². The van der Waals surface area contributed by atoms with Crippen LogP contribution in [0.2, 0.25) is 0 Å². The highest BCUT2D eigenvalue weighted by Gasteiger charge is 2.75. The molecule has 107 heavy (non-hydrogen) atoms. The van der Waals surface area contributed by atoms with Gasteiger partial charge in [-0.3, -0.25) is 57.5 Å². The molecule has 0 aromatic carbocycles. The number of rotatable bonds is 11. The molecule has 3 saturated heterocycles. The Bertz CT molecular complexity index is 3190. The van der Waals surface area contributed by atoms with E-state index in [1.807, 2.05) is 0 Å². The highest BCUT2D eigenvalue weighted by molar-refractivity contribution is 6.21. The summed E-state index contributed by atoms with van der Waals surface area (Å²) in [6, 6.07) is -10.9. The van der Waals surface area contributed by atoms with Gasteiger partial charge in [0, 0.05) is 61.3 Å². The average molecular weight is 1560 g/mol. The minimum absolute atomic E-state index is 0.0205. The average Bonchev–Trinajstić information content (AvgIpc) is 1.18. The van der Waals surface area contributed by atoms with Gasteiger partial charge in [0.05, 0.1) is 45.1 Å². The van der Waals surface area contributed by atoms with Gasteiger partial charge < -0.3 is 60.0 Å². The van der Waals surface area contributed by atoms with Crippen molar-refractivity contribution in [2.24, 2.45) is 35.5 Å². The van der Waals surface area contributed by atoms with Gasteiger partial charge in [0.15, 0.2) is 0 Å². The molecule has 0 aromatic heterocycles. The summed E-state index contributed by atoms with van der Waals surface area (Å²) in [7, 11) is 8.64. The molecule has 606 valence electrons. The third-order valence-electron chi connectivity index (χ3n) is 23.8. The highest BCUT2D eigenvalue weighted by Crippen LogP contribution is 2.50. The van der Waals surface area contributed by atoms with Gasteiger partial charge in [-0.15, -0.1) is 11.6 Å². The van der Waals surface area contributed by atoms with Crippen molar-refractivity contribution in [2.45, 2.75) is 265 Å². The second kappa shape index (κ2) is 36.4. The molecule has 11 atom stereocenters. The molecule has 0 aromatic rings.